The topological polar surface area (TPSA) is 0 Å². The predicted octanol–water partition coefficient (Wildman–Crippen LogP) is 3.55. The van der Waals surface area contributed by atoms with E-state index in [9.17, 15) is 0 Å². The van der Waals surface area contributed by atoms with Crippen LogP contribution in [0.15, 0.2) is 24.8 Å². The molecule has 10 heavy (non-hydrogen) atoms. The molecule has 0 heterocycles. The van der Waals surface area contributed by atoms with E-state index >= 15 is 0 Å². The van der Waals surface area contributed by atoms with Crippen LogP contribution in [-0.4, -0.2) is 0 Å². The van der Waals surface area contributed by atoms with Gasteiger partial charge in [0.05, 0.1) is 0 Å². The Morgan fingerprint density at radius 3 is 2.70 bits per heavy atom. The van der Waals surface area contributed by atoms with Crippen molar-refractivity contribution in [2.75, 3.05) is 0 Å². The monoisotopic (exact) mass is 138 g/mol. The highest BCUT2D eigenvalue weighted by atomic mass is 14.0. The van der Waals surface area contributed by atoms with E-state index in [2.05, 4.69) is 26.5 Å². The second-order valence-electron chi connectivity index (χ2n) is 2.79. The number of allylic oxidation sites excluding steroid dienone is 3. The molecule has 0 aromatic carbocycles. The lowest BCUT2D eigenvalue weighted by atomic mass is 10.0. The van der Waals surface area contributed by atoms with Gasteiger partial charge in [-0.1, -0.05) is 51.5 Å². The van der Waals surface area contributed by atoms with Gasteiger partial charge in [0.25, 0.3) is 0 Å². The zero-order valence-electron chi connectivity index (χ0n) is 7.14. The lowest BCUT2D eigenvalue weighted by Crippen LogP contribution is -1.89. The van der Waals surface area contributed by atoms with Crippen molar-refractivity contribution >= 4 is 0 Å². The molecule has 1 unspecified atom stereocenters. The van der Waals surface area contributed by atoms with Gasteiger partial charge >= 0.3 is 0 Å². The van der Waals surface area contributed by atoms with Gasteiger partial charge < -0.3 is 0 Å². The summed E-state index contributed by atoms with van der Waals surface area (Å²) < 4.78 is 0. The van der Waals surface area contributed by atoms with Gasteiger partial charge in [-0.25, -0.2) is 0 Å². The standard InChI is InChI=1S/C10H18/c1-4-6-7-9-10(3)8-5-2/h4,6-7,10H,1,5,8-9H2,2-3H3/b7-6-. The van der Waals surface area contributed by atoms with E-state index in [0.717, 1.165) is 5.92 Å². The summed E-state index contributed by atoms with van der Waals surface area (Å²) in [5.41, 5.74) is 0. The molecule has 0 fully saturated rings. The van der Waals surface area contributed by atoms with E-state index in [0.29, 0.717) is 0 Å². The van der Waals surface area contributed by atoms with Crippen LogP contribution < -0.4 is 0 Å². The molecular formula is C10H18. The van der Waals surface area contributed by atoms with E-state index in [1.165, 1.54) is 19.3 Å². The maximum Gasteiger partial charge on any atom is -0.0322 e. The van der Waals surface area contributed by atoms with Crippen LogP contribution in [0.25, 0.3) is 0 Å². The van der Waals surface area contributed by atoms with Gasteiger partial charge in [-0.2, -0.15) is 0 Å². The molecule has 0 aliphatic rings. The Balaban J connectivity index is 3.28. The summed E-state index contributed by atoms with van der Waals surface area (Å²) in [6.07, 6.45) is 9.86. The van der Waals surface area contributed by atoms with Gasteiger partial charge in [0, 0.05) is 0 Å². The van der Waals surface area contributed by atoms with Crippen molar-refractivity contribution in [2.24, 2.45) is 5.92 Å². The van der Waals surface area contributed by atoms with Crippen molar-refractivity contribution in [2.45, 2.75) is 33.1 Å². The van der Waals surface area contributed by atoms with Crippen LogP contribution in [0.2, 0.25) is 0 Å². The Bertz CT molecular complexity index is 101. The molecule has 0 rings (SSSR count). The van der Waals surface area contributed by atoms with Crippen molar-refractivity contribution in [3.8, 4) is 0 Å². The highest BCUT2D eigenvalue weighted by Gasteiger charge is 1.94. The Labute approximate surface area is 64.6 Å². The maximum atomic E-state index is 3.62. The molecule has 0 spiro atoms. The first-order valence-electron chi connectivity index (χ1n) is 4.08. The highest BCUT2D eigenvalue weighted by Crippen LogP contribution is 2.09. The molecule has 0 aromatic heterocycles. The summed E-state index contributed by atoms with van der Waals surface area (Å²) >= 11 is 0. The third-order valence-electron chi connectivity index (χ3n) is 1.59. The molecule has 0 N–H and O–H groups in total. The van der Waals surface area contributed by atoms with Crippen molar-refractivity contribution in [1.82, 2.24) is 0 Å². The minimum absolute atomic E-state index is 0.834. The third-order valence-corrected chi connectivity index (χ3v) is 1.59. The van der Waals surface area contributed by atoms with Gasteiger partial charge in [-0.05, 0) is 12.3 Å². The molecule has 0 aliphatic carbocycles. The zero-order chi connectivity index (χ0) is 7.82. The van der Waals surface area contributed by atoms with Crippen LogP contribution in [0.4, 0.5) is 0 Å². The SMILES string of the molecule is C=C/C=C\CC(C)CCC. The smallest absolute Gasteiger partial charge is 0.0322 e. The van der Waals surface area contributed by atoms with Crippen molar-refractivity contribution in [3.05, 3.63) is 24.8 Å². The van der Waals surface area contributed by atoms with Crippen molar-refractivity contribution < 1.29 is 0 Å². The fourth-order valence-corrected chi connectivity index (χ4v) is 1.02. The molecule has 0 aromatic rings. The average Bonchev–Trinajstić information content (AvgIpc) is 1.89. The Morgan fingerprint density at radius 2 is 2.20 bits per heavy atom. The molecule has 0 radical (unpaired) electrons. The Morgan fingerprint density at radius 1 is 1.50 bits per heavy atom. The summed E-state index contributed by atoms with van der Waals surface area (Å²) in [6.45, 7) is 8.14. The van der Waals surface area contributed by atoms with E-state index in [1.54, 1.807) is 0 Å². The molecule has 0 saturated carbocycles. The van der Waals surface area contributed by atoms with Crippen LogP contribution in [-0.2, 0) is 0 Å². The van der Waals surface area contributed by atoms with Gasteiger partial charge in [0.2, 0.25) is 0 Å². The second kappa shape index (κ2) is 6.60. The molecule has 1 atom stereocenters. The van der Waals surface area contributed by atoms with E-state index < -0.39 is 0 Å². The van der Waals surface area contributed by atoms with Crippen LogP contribution in [0.1, 0.15) is 33.1 Å². The van der Waals surface area contributed by atoms with Gasteiger partial charge in [-0.15, -0.1) is 0 Å². The molecule has 0 bridgehead atoms. The van der Waals surface area contributed by atoms with E-state index in [1.807, 2.05) is 12.2 Å². The summed E-state index contributed by atoms with van der Waals surface area (Å²) in [4.78, 5) is 0. The maximum absolute atomic E-state index is 3.62. The van der Waals surface area contributed by atoms with Crippen LogP contribution in [0, 0.1) is 5.92 Å². The lowest BCUT2D eigenvalue weighted by molar-refractivity contribution is 0.532. The largest absolute Gasteiger partial charge is 0.0991 e. The molecule has 58 valence electrons. The highest BCUT2D eigenvalue weighted by molar-refractivity contribution is 4.97. The Kier molecular flexibility index (Phi) is 6.25. The zero-order valence-corrected chi connectivity index (χ0v) is 7.14. The fraction of sp³-hybridized carbons (Fsp3) is 0.600. The summed E-state index contributed by atoms with van der Waals surface area (Å²) in [7, 11) is 0. The van der Waals surface area contributed by atoms with E-state index in [4.69, 9.17) is 0 Å². The number of hydrogen-bond acceptors (Lipinski definition) is 0. The Hall–Kier alpha value is -0.520. The normalized spacial score (nSPS) is 13.8. The van der Waals surface area contributed by atoms with Crippen LogP contribution in [0.3, 0.4) is 0 Å². The molecule has 0 aliphatic heterocycles. The second-order valence-corrected chi connectivity index (χ2v) is 2.79. The number of rotatable bonds is 5. The molecule has 0 nitrogen and oxygen atoms in total. The van der Waals surface area contributed by atoms with Crippen LogP contribution >= 0.6 is 0 Å². The quantitative estimate of drug-likeness (QED) is 0.510. The predicted molar refractivity (Wildman–Crippen MR) is 48.0 cm³/mol. The first-order chi connectivity index (χ1) is 4.81. The van der Waals surface area contributed by atoms with Gasteiger partial charge in [0.15, 0.2) is 0 Å². The summed E-state index contributed by atoms with van der Waals surface area (Å²) in [6, 6.07) is 0. The summed E-state index contributed by atoms with van der Waals surface area (Å²) in [5, 5.41) is 0. The van der Waals surface area contributed by atoms with Gasteiger partial charge in [-0.3, -0.25) is 0 Å². The van der Waals surface area contributed by atoms with Gasteiger partial charge in [0.1, 0.15) is 0 Å². The van der Waals surface area contributed by atoms with Crippen molar-refractivity contribution in [1.29, 1.82) is 0 Å². The average molecular weight is 138 g/mol. The molecular weight excluding hydrogens is 120 g/mol. The minimum atomic E-state index is 0.834. The molecule has 0 heteroatoms. The fourth-order valence-electron chi connectivity index (χ4n) is 1.02. The van der Waals surface area contributed by atoms with Crippen LogP contribution in [0.5, 0.6) is 0 Å². The van der Waals surface area contributed by atoms with E-state index in [-0.39, 0.29) is 0 Å². The molecule has 0 amide bonds. The third kappa shape index (κ3) is 5.61. The number of hydrogen-bond donors (Lipinski definition) is 0. The first kappa shape index (κ1) is 9.48. The lowest BCUT2D eigenvalue weighted by Gasteiger charge is -2.04. The first-order valence-corrected chi connectivity index (χ1v) is 4.08. The minimum Gasteiger partial charge on any atom is -0.0991 e. The van der Waals surface area contributed by atoms with Crippen molar-refractivity contribution in [3.63, 3.8) is 0 Å². The molecule has 0 saturated heterocycles. The summed E-state index contributed by atoms with van der Waals surface area (Å²) in [5.74, 6) is 0.834.